The molecule has 0 spiro atoms. The van der Waals surface area contributed by atoms with Crippen LogP contribution in [-0.2, 0) is 0 Å². The van der Waals surface area contributed by atoms with Crippen LogP contribution in [0.25, 0.3) is 0 Å². The van der Waals surface area contributed by atoms with Crippen molar-refractivity contribution >= 4 is 11.6 Å². The van der Waals surface area contributed by atoms with E-state index in [0.717, 1.165) is 12.8 Å². The van der Waals surface area contributed by atoms with Crippen LogP contribution < -0.4 is 10.6 Å². The summed E-state index contributed by atoms with van der Waals surface area (Å²) < 4.78 is 0. The lowest BCUT2D eigenvalue weighted by atomic mass is 9.95. The van der Waals surface area contributed by atoms with Crippen molar-refractivity contribution in [3.63, 3.8) is 0 Å². The van der Waals surface area contributed by atoms with Crippen LogP contribution in [0.5, 0.6) is 0 Å². The van der Waals surface area contributed by atoms with Gasteiger partial charge in [-0.2, -0.15) is 10.5 Å². The van der Waals surface area contributed by atoms with Gasteiger partial charge in [-0.15, -0.1) is 0 Å². The van der Waals surface area contributed by atoms with Gasteiger partial charge in [0.2, 0.25) is 0 Å². The Balaban J connectivity index is 2.01. The number of carbonyl (C=O) groups excluding carboxylic acids is 1. The van der Waals surface area contributed by atoms with E-state index in [0.29, 0.717) is 11.3 Å². The molecule has 2 rings (SSSR count). The fourth-order valence-corrected chi connectivity index (χ4v) is 2.51. The minimum Gasteiger partial charge on any atom is -0.360 e. The molecule has 0 aromatic heterocycles. The van der Waals surface area contributed by atoms with Gasteiger partial charge in [0.25, 0.3) is 5.91 Å². The zero-order valence-corrected chi connectivity index (χ0v) is 12.3. The molecule has 1 saturated carbocycles. The molecule has 22 heavy (non-hydrogen) atoms. The summed E-state index contributed by atoms with van der Waals surface area (Å²) in [7, 11) is 0. The molecule has 1 fully saturated rings. The van der Waals surface area contributed by atoms with Crippen molar-refractivity contribution in [1.82, 2.24) is 5.32 Å². The molecule has 1 aromatic rings. The van der Waals surface area contributed by atoms with Crippen LogP contribution in [0.15, 0.2) is 36.0 Å². The summed E-state index contributed by atoms with van der Waals surface area (Å²) in [6, 6.07) is 10.8. The third-order valence-corrected chi connectivity index (χ3v) is 3.69. The molecule has 0 atom stereocenters. The molecule has 0 saturated heterocycles. The smallest absolute Gasteiger partial charge is 0.251 e. The van der Waals surface area contributed by atoms with Crippen LogP contribution in [0.1, 0.15) is 42.5 Å². The molecule has 1 aliphatic rings. The van der Waals surface area contributed by atoms with E-state index in [2.05, 4.69) is 10.6 Å². The average molecular weight is 294 g/mol. The zero-order valence-electron chi connectivity index (χ0n) is 12.3. The summed E-state index contributed by atoms with van der Waals surface area (Å²) in [4.78, 5) is 12.3. The van der Waals surface area contributed by atoms with Crippen molar-refractivity contribution in [2.75, 3.05) is 5.32 Å². The number of nitriles is 2. The standard InChI is InChI=1S/C17H18N4O/c18-10-13(11-19)12-20-16-8-4-5-14(9-16)17(22)21-15-6-2-1-3-7-15/h4-5,8-9,12,15,20H,1-3,6-7H2,(H,21,22). The van der Waals surface area contributed by atoms with Crippen LogP contribution >= 0.6 is 0 Å². The minimum atomic E-state index is -0.0830. The van der Waals surface area contributed by atoms with Gasteiger partial charge in [0.05, 0.1) is 0 Å². The van der Waals surface area contributed by atoms with Crippen molar-refractivity contribution in [2.45, 2.75) is 38.1 Å². The molecule has 0 unspecified atom stereocenters. The van der Waals surface area contributed by atoms with Crippen LogP contribution in [0.3, 0.4) is 0 Å². The average Bonchev–Trinajstić information content (AvgIpc) is 2.57. The molecule has 1 aliphatic carbocycles. The minimum absolute atomic E-state index is 0.0166. The lowest BCUT2D eigenvalue weighted by molar-refractivity contribution is 0.0928. The second kappa shape index (κ2) is 7.85. The van der Waals surface area contributed by atoms with Crippen LogP contribution in [-0.4, -0.2) is 11.9 Å². The van der Waals surface area contributed by atoms with E-state index in [1.165, 1.54) is 25.5 Å². The van der Waals surface area contributed by atoms with Crippen molar-refractivity contribution in [3.05, 3.63) is 41.6 Å². The molecule has 0 radical (unpaired) electrons. The molecule has 1 aromatic carbocycles. The summed E-state index contributed by atoms with van der Waals surface area (Å²) in [5, 5.41) is 23.3. The lowest BCUT2D eigenvalue weighted by Gasteiger charge is -2.22. The second-order valence-corrected chi connectivity index (χ2v) is 5.32. The van der Waals surface area contributed by atoms with E-state index >= 15 is 0 Å². The molecular weight excluding hydrogens is 276 g/mol. The maximum absolute atomic E-state index is 12.3. The van der Waals surface area contributed by atoms with Crippen LogP contribution in [0.2, 0.25) is 0 Å². The number of hydrogen-bond donors (Lipinski definition) is 2. The van der Waals surface area contributed by atoms with Gasteiger partial charge in [0.15, 0.2) is 0 Å². The number of rotatable bonds is 4. The highest BCUT2D eigenvalue weighted by molar-refractivity contribution is 5.95. The number of carbonyl (C=O) groups is 1. The Hall–Kier alpha value is -2.79. The van der Waals surface area contributed by atoms with E-state index in [1.807, 2.05) is 0 Å². The second-order valence-electron chi connectivity index (χ2n) is 5.32. The Morgan fingerprint density at radius 2 is 1.91 bits per heavy atom. The van der Waals surface area contributed by atoms with Crippen molar-refractivity contribution in [2.24, 2.45) is 0 Å². The number of anilines is 1. The quantitative estimate of drug-likeness (QED) is 0.835. The topological polar surface area (TPSA) is 88.7 Å². The summed E-state index contributed by atoms with van der Waals surface area (Å²) in [5.41, 5.74) is 1.22. The highest BCUT2D eigenvalue weighted by Gasteiger charge is 2.16. The van der Waals surface area contributed by atoms with E-state index in [-0.39, 0.29) is 17.5 Å². The van der Waals surface area contributed by atoms with Gasteiger partial charge >= 0.3 is 0 Å². The molecule has 0 aliphatic heterocycles. The summed E-state index contributed by atoms with van der Waals surface area (Å²) in [5.74, 6) is -0.0830. The maximum atomic E-state index is 12.3. The number of amides is 1. The molecule has 1 amide bonds. The van der Waals surface area contributed by atoms with E-state index in [4.69, 9.17) is 10.5 Å². The number of allylic oxidation sites excluding steroid dienone is 1. The van der Waals surface area contributed by atoms with Crippen molar-refractivity contribution in [3.8, 4) is 12.1 Å². The largest absolute Gasteiger partial charge is 0.360 e. The van der Waals surface area contributed by atoms with E-state index in [9.17, 15) is 4.79 Å². The predicted octanol–water partition coefficient (Wildman–Crippen LogP) is 3.09. The zero-order chi connectivity index (χ0) is 15.8. The number of benzene rings is 1. The lowest BCUT2D eigenvalue weighted by Crippen LogP contribution is -2.36. The fraction of sp³-hybridized carbons (Fsp3) is 0.353. The SMILES string of the molecule is N#CC(C#N)=CNc1cccc(C(=O)NC2CCCCC2)c1. The summed E-state index contributed by atoms with van der Waals surface area (Å²) >= 11 is 0. The molecule has 2 N–H and O–H groups in total. The summed E-state index contributed by atoms with van der Waals surface area (Å²) in [6.45, 7) is 0. The summed E-state index contributed by atoms with van der Waals surface area (Å²) in [6.07, 6.45) is 7.00. The Morgan fingerprint density at radius 1 is 1.18 bits per heavy atom. The maximum Gasteiger partial charge on any atom is 0.251 e. The van der Waals surface area contributed by atoms with Gasteiger partial charge < -0.3 is 10.6 Å². The van der Waals surface area contributed by atoms with Gasteiger partial charge in [0, 0.05) is 23.5 Å². The van der Waals surface area contributed by atoms with Crippen molar-refractivity contribution < 1.29 is 4.79 Å². The number of nitrogens with zero attached hydrogens (tertiary/aromatic N) is 2. The molecule has 5 nitrogen and oxygen atoms in total. The van der Waals surface area contributed by atoms with Gasteiger partial charge in [0.1, 0.15) is 17.7 Å². The van der Waals surface area contributed by atoms with E-state index in [1.54, 1.807) is 36.4 Å². The fourth-order valence-electron chi connectivity index (χ4n) is 2.51. The Bertz CT molecular complexity index is 629. The third-order valence-electron chi connectivity index (χ3n) is 3.69. The molecular formula is C17H18N4O. The Kier molecular flexibility index (Phi) is 5.57. The van der Waals surface area contributed by atoms with Crippen LogP contribution in [0.4, 0.5) is 5.69 Å². The highest BCUT2D eigenvalue weighted by atomic mass is 16.1. The van der Waals surface area contributed by atoms with Gasteiger partial charge in [-0.1, -0.05) is 25.3 Å². The van der Waals surface area contributed by atoms with Gasteiger partial charge in [-0.25, -0.2) is 0 Å². The molecule has 5 heteroatoms. The normalized spacial score (nSPS) is 14.3. The number of hydrogen-bond acceptors (Lipinski definition) is 4. The molecule has 112 valence electrons. The van der Waals surface area contributed by atoms with Gasteiger partial charge in [-0.3, -0.25) is 4.79 Å². The predicted molar refractivity (Wildman–Crippen MR) is 83.7 cm³/mol. The first kappa shape index (κ1) is 15.6. The first-order valence-electron chi connectivity index (χ1n) is 7.41. The molecule has 0 heterocycles. The first-order chi connectivity index (χ1) is 10.7. The Morgan fingerprint density at radius 3 is 2.59 bits per heavy atom. The van der Waals surface area contributed by atoms with E-state index < -0.39 is 0 Å². The number of nitrogens with one attached hydrogen (secondary N) is 2. The van der Waals surface area contributed by atoms with Crippen molar-refractivity contribution in [1.29, 1.82) is 10.5 Å². The monoisotopic (exact) mass is 294 g/mol. The molecule has 0 bridgehead atoms. The first-order valence-corrected chi connectivity index (χ1v) is 7.41. The van der Waals surface area contributed by atoms with Crippen LogP contribution in [0, 0.1) is 22.7 Å². The van der Waals surface area contributed by atoms with Gasteiger partial charge in [-0.05, 0) is 31.0 Å². The Labute approximate surface area is 130 Å². The highest BCUT2D eigenvalue weighted by Crippen LogP contribution is 2.18. The third kappa shape index (κ3) is 4.36.